The summed E-state index contributed by atoms with van der Waals surface area (Å²) in [4.78, 5) is 0. The van der Waals surface area contributed by atoms with Crippen molar-refractivity contribution in [1.29, 1.82) is 0 Å². The van der Waals surface area contributed by atoms with Gasteiger partial charge in [0, 0.05) is 0 Å². The van der Waals surface area contributed by atoms with E-state index in [1.807, 2.05) is 13.8 Å². The van der Waals surface area contributed by atoms with Crippen LogP contribution < -0.4 is 0 Å². The molecule has 0 aromatic heterocycles. The Bertz CT molecular complexity index is 222. The van der Waals surface area contributed by atoms with Crippen LogP contribution in [0.25, 0.3) is 0 Å². The van der Waals surface area contributed by atoms with Gasteiger partial charge in [0.05, 0.1) is 17.9 Å². The van der Waals surface area contributed by atoms with E-state index in [0.29, 0.717) is 0 Å². The van der Waals surface area contributed by atoms with E-state index in [4.69, 9.17) is 33.1 Å². The molecule has 114 valence electrons. The quantitative estimate of drug-likeness (QED) is 0.311. The number of rotatable bonds is 10. The number of unbranched alkanes of at least 4 members (excludes halogenated alkanes) is 2. The van der Waals surface area contributed by atoms with Gasteiger partial charge in [0.1, 0.15) is 0 Å². The topological polar surface area (TPSA) is 18.5 Å². The summed E-state index contributed by atoms with van der Waals surface area (Å²) >= 11 is 10.6. The van der Waals surface area contributed by atoms with Gasteiger partial charge in [-0.1, -0.05) is 51.3 Å². The first-order valence-electron chi connectivity index (χ1n) is 6.59. The molecule has 0 saturated heterocycles. The van der Waals surface area contributed by atoms with Crippen LogP contribution in [0.4, 0.5) is 0 Å². The minimum atomic E-state index is -2.47. The number of hydrogen-bond acceptors (Lipinski definition) is 4. The maximum absolute atomic E-state index is 5.71. The van der Waals surface area contributed by atoms with Crippen LogP contribution in [-0.4, -0.2) is 12.2 Å². The van der Waals surface area contributed by atoms with Gasteiger partial charge >= 0.3 is 17.1 Å². The van der Waals surface area contributed by atoms with Crippen molar-refractivity contribution in [3.05, 3.63) is 0 Å². The van der Waals surface area contributed by atoms with Crippen molar-refractivity contribution in [1.82, 2.24) is 0 Å². The fourth-order valence-electron chi connectivity index (χ4n) is 1.55. The Morgan fingerprint density at radius 2 is 1.33 bits per heavy atom. The van der Waals surface area contributed by atoms with Crippen LogP contribution in [0.3, 0.4) is 0 Å². The molecule has 0 spiro atoms. The zero-order chi connectivity index (χ0) is 13.3. The van der Waals surface area contributed by atoms with Crippen molar-refractivity contribution < 1.29 is 26.1 Å². The molecule has 0 aromatic rings. The van der Waals surface area contributed by atoms with E-state index < -0.39 is 5.69 Å². The third kappa shape index (κ3) is 12.5. The van der Waals surface area contributed by atoms with E-state index in [1.165, 1.54) is 12.8 Å². The molecule has 0 radical (unpaired) electrons. The molecule has 0 aliphatic carbocycles. The first-order valence-corrected chi connectivity index (χ1v) is 10.2. The molecular formula is C12H26CuO2PS2. The van der Waals surface area contributed by atoms with E-state index >= 15 is 0 Å². The molecule has 2 nitrogen and oxygen atoms in total. The fourth-order valence-corrected chi connectivity index (χ4v) is 4.46. The summed E-state index contributed by atoms with van der Waals surface area (Å²) in [5.74, 6) is 0. The molecule has 0 aliphatic rings. The first-order chi connectivity index (χ1) is 7.91. The second-order valence-corrected chi connectivity index (χ2v) is 9.46. The van der Waals surface area contributed by atoms with Gasteiger partial charge in [-0.25, -0.2) is 0 Å². The molecule has 0 bridgehead atoms. The maximum Gasteiger partial charge on any atom is 1.00 e. The van der Waals surface area contributed by atoms with Crippen LogP contribution in [0.5, 0.6) is 0 Å². The van der Waals surface area contributed by atoms with Crippen molar-refractivity contribution in [2.24, 2.45) is 0 Å². The largest absolute Gasteiger partial charge is 1.00 e. The maximum atomic E-state index is 5.71. The zero-order valence-corrected chi connectivity index (χ0v) is 15.2. The fraction of sp³-hybridized carbons (Fsp3) is 1.00. The van der Waals surface area contributed by atoms with Crippen molar-refractivity contribution in [3.63, 3.8) is 0 Å². The van der Waals surface area contributed by atoms with Gasteiger partial charge in [-0.3, -0.25) is 0 Å². The average molecular weight is 361 g/mol. The van der Waals surface area contributed by atoms with Crippen molar-refractivity contribution in [2.45, 2.75) is 78.4 Å². The van der Waals surface area contributed by atoms with Crippen molar-refractivity contribution in [3.8, 4) is 0 Å². The summed E-state index contributed by atoms with van der Waals surface area (Å²) < 4.78 is 11.4. The average Bonchev–Trinajstić information content (AvgIpc) is 2.22. The SMILES string of the molecule is CCCCC(C)OP(=S)([S-])OC(C)CCCC.[Cu+]. The van der Waals surface area contributed by atoms with Crippen LogP contribution in [0.1, 0.15) is 66.2 Å². The molecule has 0 amide bonds. The predicted molar refractivity (Wildman–Crippen MR) is 81.8 cm³/mol. The molecular weight excluding hydrogens is 335 g/mol. The second kappa shape index (κ2) is 12.2. The number of hydrogen-bond donors (Lipinski definition) is 0. The molecule has 0 N–H and O–H groups in total. The van der Waals surface area contributed by atoms with E-state index in [-0.39, 0.29) is 29.3 Å². The Hall–Kier alpha value is 1.44. The first kappa shape index (κ1) is 21.7. The van der Waals surface area contributed by atoms with Gasteiger partial charge in [0.15, 0.2) is 0 Å². The summed E-state index contributed by atoms with van der Waals surface area (Å²) in [6.45, 7) is 8.39. The second-order valence-electron chi connectivity index (χ2n) is 4.56. The van der Waals surface area contributed by atoms with Crippen LogP contribution in [0, 0.1) is 0 Å². The summed E-state index contributed by atoms with van der Waals surface area (Å²) in [7, 11) is 0. The zero-order valence-electron chi connectivity index (χ0n) is 11.8. The third-order valence-electron chi connectivity index (χ3n) is 2.55. The Balaban J connectivity index is 0. The van der Waals surface area contributed by atoms with Crippen LogP contribution in [-0.2, 0) is 50.2 Å². The smallest absolute Gasteiger partial charge is 0.691 e. The van der Waals surface area contributed by atoms with Gasteiger partial charge < -0.3 is 21.3 Å². The Morgan fingerprint density at radius 3 is 1.61 bits per heavy atom. The van der Waals surface area contributed by atoms with Crippen LogP contribution in [0.2, 0.25) is 0 Å². The van der Waals surface area contributed by atoms with E-state index in [0.717, 1.165) is 25.7 Å². The van der Waals surface area contributed by atoms with E-state index in [9.17, 15) is 0 Å². The van der Waals surface area contributed by atoms with E-state index in [1.54, 1.807) is 0 Å². The minimum absolute atomic E-state index is 0. The molecule has 0 aliphatic heterocycles. The Labute approximate surface area is 134 Å². The molecule has 6 heteroatoms. The van der Waals surface area contributed by atoms with Gasteiger partial charge in [-0.15, -0.1) is 0 Å². The third-order valence-corrected chi connectivity index (χ3v) is 4.82. The van der Waals surface area contributed by atoms with Gasteiger partial charge in [-0.2, -0.15) is 0 Å². The Kier molecular flexibility index (Phi) is 14.7. The molecule has 0 saturated carbocycles. The molecule has 2 unspecified atom stereocenters. The summed E-state index contributed by atoms with van der Waals surface area (Å²) in [5, 5.41) is 0. The monoisotopic (exact) mass is 360 g/mol. The van der Waals surface area contributed by atoms with Crippen LogP contribution in [0.15, 0.2) is 0 Å². The molecule has 0 aromatic carbocycles. The summed E-state index contributed by atoms with van der Waals surface area (Å²) in [5.41, 5.74) is -2.47. The normalized spacial score (nSPS) is 17.6. The van der Waals surface area contributed by atoms with Gasteiger partial charge in [0.2, 0.25) is 0 Å². The summed E-state index contributed by atoms with van der Waals surface area (Å²) in [6.07, 6.45) is 6.90. The van der Waals surface area contributed by atoms with Crippen molar-refractivity contribution >= 4 is 29.7 Å². The van der Waals surface area contributed by atoms with Crippen molar-refractivity contribution in [2.75, 3.05) is 0 Å². The standard InChI is InChI=1S/C12H27O2PS2.Cu/c1-5-7-9-11(3)13-15(16,17)14-12(4)10-8-6-2;/h11-12H,5-10H2,1-4H3,(H,16,17);/q;+1/p-1. The molecule has 2 atom stereocenters. The predicted octanol–water partition coefficient (Wildman–Crippen LogP) is 4.95. The molecule has 0 heterocycles. The van der Waals surface area contributed by atoms with Gasteiger partial charge in [-0.05, 0) is 26.7 Å². The minimum Gasteiger partial charge on any atom is -0.691 e. The Morgan fingerprint density at radius 1 is 1.00 bits per heavy atom. The summed E-state index contributed by atoms with van der Waals surface area (Å²) in [6, 6.07) is 0. The van der Waals surface area contributed by atoms with Gasteiger partial charge in [0.25, 0.3) is 0 Å². The molecule has 0 fully saturated rings. The molecule has 0 rings (SSSR count). The van der Waals surface area contributed by atoms with Crippen LogP contribution >= 0.6 is 5.69 Å². The molecule has 18 heavy (non-hydrogen) atoms. The van der Waals surface area contributed by atoms with E-state index in [2.05, 4.69) is 13.8 Å².